The first kappa shape index (κ1) is 15.1. The number of hydrogen-bond donors (Lipinski definition) is 0. The highest BCUT2D eigenvalue weighted by Gasteiger charge is 2.43. The Morgan fingerprint density at radius 3 is 2.91 bits per heavy atom. The molecule has 0 aromatic carbocycles. The highest BCUT2D eigenvalue weighted by molar-refractivity contribution is 6.00. The number of aromatic nitrogens is 1. The molecule has 0 amide bonds. The summed E-state index contributed by atoms with van der Waals surface area (Å²) >= 11 is 0. The van der Waals surface area contributed by atoms with E-state index in [0.29, 0.717) is 0 Å². The van der Waals surface area contributed by atoms with Gasteiger partial charge >= 0.3 is 0 Å². The van der Waals surface area contributed by atoms with Crippen LogP contribution in [-0.2, 0) is 4.84 Å². The third-order valence-electron chi connectivity index (χ3n) is 5.66. The molecule has 4 nitrogen and oxygen atoms in total. The predicted octanol–water partition coefficient (Wildman–Crippen LogP) is 3.62. The van der Waals surface area contributed by atoms with Crippen LogP contribution >= 0.6 is 0 Å². The van der Waals surface area contributed by atoms with Crippen LogP contribution in [0, 0.1) is 5.92 Å². The zero-order valence-electron chi connectivity index (χ0n) is 13.9. The molecule has 2 fully saturated rings. The summed E-state index contributed by atoms with van der Waals surface area (Å²) < 4.78 is 0. The third kappa shape index (κ3) is 3.42. The van der Waals surface area contributed by atoms with Crippen molar-refractivity contribution in [3.63, 3.8) is 0 Å². The van der Waals surface area contributed by atoms with Gasteiger partial charge in [-0.1, -0.05) is 30.5 Å². The van der Waals surface area contributed by atoms with Gasteiger partial charge in [-0.05, 0) is 50.3 Å². The van der Waals surface area contributed by atoms with E-state index in [4.69, 9.17) is 4.84 Å². The Morgan fingerprint density at radius 2 is 2.09 bits per heavy atom. The molecule has 2 aliphatic heterocycles. The van der Waals surface area contributed by atoms with Gasteiger partial charge in [-0.3, -0.25) is 9.88 Å². The van der Waals surface area contributed by atoms with Gasteiger partial charge < -0.3 is 4.84 Å². The lowest BCUT2D eigenvalue weighted by atomic mass is 9.85. The normalized spacial score (nSPS) is 29.5. The third-order valence-corrected chi connectivity index (χ3v) is 5.66. The van der Waals surface area contributed by atoms with E-state index in [1.807, 2.05) is 24.4 Å². The topological polar surface area (TPSA) is 37.7 Å². The van der Waals surface area contributed by atoms with Crippen molar-refractivity contribution in [1.82, 2.24) is 9.88 Å². The summed E-state index contributed by atoms with van der Waals surface area (Å²) in [6.07, 6.45) is 12.2. The van der Waals surface area contributed by atoms with Crippen LogP contribution in [0.4, 0.5) is 0 Å². The summed E-state index contributed by atoms with van der Waals surface area (Å²) in [5.74, 6) is 0.900. The van der Waals surface area contributed by atoms with Crippen LogP contribution in [0.2, 0.25) is 0 Å². The molecule has 1 saturated heterocycles. The minimum Gasteiger partial charge on any atom is -0.387 e. The molecular weight excluding hydrogens is 286 g/mol. The van der Waals surface area contributed by atoms with Crippen molar-refractivity contribution in [2.24, 2.45) is 11.1 Å². The largest absolute Gasteiger partial charge is 0.387 e. The molecule has 4 heteroatoms. The average molecular weight is 313 g/mol. The molecule has 23 heavy (non-hydrogen) atoms. The lowest BCUT2D eigenvalue weighted by Crippen LogP contribution is -2.49. The fourth-order valence-corrected chi connectivity index (χ4v) is 4.49. The highest BCUT2D eigenvalue weighted by atomic mass is 16.7. The lowest BCUT2D eigenvalue weighted by Gasteiger charge is -2.40. The Morgan fingerprint density at radius 1 is 1.17 bits per heavy atom. The monoisotopic (exact) mass is 313 g/mol. The molecule has 1 aromatic rings. The van der Waals surface area contributed by atoms with E-state index >= 15 is 0 Å². The maximum atomic E-state index is 5.97. The van der Waals surface area contributed by atoms with Crippen LogP contribution in [0.5, 0.6) is 0 Å². The van der Waals surface area contributed by atoms with E-state index in [0.717, 1.165) is 36.7 Å². The number of likely N-dealkylation sites (tertiary alicyclic amines) is 1. The summed E-state index contributed by atoms with van der Waals surface area (Å²) in [6.45, 7) is 3.51. The molecule has 4 rings (SSSR count). The summed E-state index contributed by atoms with van der Waals surface area (Å²) in [5, 5.41) is 4.39. The zero-order chi connectivity index (χ0) is 15.5. The van der Waals surface area contributed by atoms with E-state index in [-0.39, 0.29) is 5.60 Å². The number of oxime groups is 1. The molecule has 0 bridgehead atoms. The molecule has 0 radical (unpaired) electrons. The Balaban J connectivity index is 1.38. The number of hydrogen-bond acceptors (Lipinski definition) is 4. The van der Waals surface area contributed by atoms with Gasteiger partial charge in [0.05, 0.1) is 5.69 Å². The molecule has 1 unspecified atom stereocenters. The average Bonchev–Trinajstić information content (AvgIpc) is 3.00. The minimum absolute atomic E-state index is 0.0974. The van der Waals surface area contributed by atoms with Gasteiger partial charge in [0.1, 0.15) is 5.71 Å². The van der Waals surface area contributed by atoms with Crippen LogP contribution in [0.15, 0.2) is 29.6 Å². The fourth-order valence-electron chi connectivity index (χ4n) is 4.49. The molecule has 1 aliphatic carbocycles. The first-order valence-corrected chi connectivity index (χ1v) is 9.22. The van der Waals surface area contributed by atoms with E-state index in [9.17, 15) is 0 Å². The van der Waals surface area contributed by atoms with Crippen LogP contribution in [0.1, 0.15) is 57.1 Å². The quantitative estimate of drug-likeness (QED) is 0.855. The molecular formula is C19H27N3O. The van der Waals surface area contributed by atoms with Crippen molar-refractivity contribution in [2.45, 2.75) is 57.0 Å². The summed E-state index contributed by atoms with van der Waals surface area (Å²) in [7, 11) is 0. The predicted molar refractivity (Wildman–Crippen MR) is 91.5 cm³/mol. The second kappa shape index (κ2) is 6.60. The summed E-state index contributed by atoms with van der Waals surface area (Å²) in [4.78, 5) is 13.0. The molecule has 124 valence electrons. The zero-order valence-corrected chi connectivity index (χ0v) is 13.9. The highest BCUT2D eigenvalue weighted by Crippen LogP contribution is 2.35. The SMILES string of the molecule is c1ccc(C2=NOC3(CCCN(CC4CCCCC4)C3)C2)nc1. The first-order chi connectivity index (χ1) is 11.3. The standard InChI is InChI=1S/C19H27N3O/c1-2-7-16(8-3-1)14-22-12-6-10-19(15-22)13-18(21-23-19)17-9-4-5-11-20-17/h4-5,9,11,16H,1-3,6-8,10,12-15H2. The fraction of sp³-hybridized carbons (Fsp3) is 0.684. The lowest BCUT2D eigenvalue weighted by molar-refractivity contribution is -0.0718. The molecule has 1 saturated carbocycles. The smallest absolute Gasteiger partial charge is 0.156 e. The van der Waals surface area contributed by atoms with Crippen molar-refractivity contribution in [3.05, 3.63) is 30.1 Å². The summed E-state index contributed by atoms with van der Waals surface area (Å²) in [6, 6.07) is 6.00. The van der Waals surface area contributed by atoms with Crippen LogP contribution in [-0.4, -0.2) is 40.8 Å². The molecule has 3 heterocycles. The van der Waals surface area contributed by atoms with Crippen LogP contribution in [0.3, 0.4) is 0 Å². The van der Waals surface area contributed by atoms with E-state index in [1.165, 1.54) is 51.6 Å². The number of piperidine rings is 1. The Hall–Kier alpha value is -1.42. The number of rotatable bonds is 3. The van der Waals surface area contributed by atoms with E-state index < -0.39 is 0 Å². The minimum atomic E-state index is -0.0974. The molecule has 0 N–H and O–H groups in total. The Kier molecular flexibility index (Phi) is 4.34. The molecule has 3 aliphatic rings. The Bertz CT molecular complexity index is 553. The van der Waals surface area contributed by atoms with Crippen molar-refractivity contribution in [3.8, 4) is 0 Å². The molecule has 1 atom stereocenters. The maximum absolute atomic E-state index is 5.97. The maximum Gasteiger partial charge on any atom is 0.156 e. The van der Waals surface area contributed by atoms with Crippen molar-refractivity contribution in [2.75, 3.05) is 19.6 Å². The van der Waals surface area contributed by atoms with Gasteiger partial charge in [-0.15, -0.1) is 0 Å². The second-order valence-corrected chi connectivity index (χ2v) is 7.55. The number of nitrogens with zero attached hydrogens (tertiary/aromatic N) is 3. The Labute approximate surface area is 138 Å². The van der Waals surface area contributed by atoms with Crippen molar-refractivity contribution >= 4 is 5.71 Å². The number of pyridine rings is 1. The van der Waals surface area contributed by atoms with E-state index in [1.54, 1.807) is 0 Å². The molecule has 1 spiro atoms. The molecule has 1 aromatic heterocycles. The van der Waals surface area contributed by atoms with Crippen molar-refractivity contribution in [1.29, 1.82) is 0 Å². The second-order valence-electron chi connectivity index (χ2n) is 7.55. The van der Waals surface area contributed by atoms with Crippen LogP contribution < -0.4 is 0 Å². The van der Waals surface area contributed by atoms with Gasteiger partial charge in [-0.2, -0.15) is 0 Å². The first-order valence-electron chi connectivity index (χ1n) is 9.22. The van der Waals surface area contributed by atoms with E-state index in [2.05, 4.69) is 15.0 Å². The van der Waals surface area contributed by atoms with Gasteiger partial charge in [0.15, 0.2) is 5.60 Å². The van der Waals surface area contributed by atoms with Gasteiger partial charge in [0, 0.05) is 25.7 Å². The van der Waals surface area contributed by atoms with Crippen molar-refractivity contribution < 1.29 is 4.84 Å². The van der Waals surface area contributed by atoms with Gasteiger partial charge in [0.2, 0.25) is 0 Å². The summed E-state index contributed by atoms with van der Waals surface area (Å²) in [5.41, 5.74) is 1.89. The van der Waals surface area contributed by atoms with Crippen LogP contribution in [0.25, 0.3) is 0 Å². The van der Waals surface area contributed by atoms with Gasteiger partial charge in [0.25, 0.3) is 0 Å². The van der Waals surface area contributed by atoms with Gasteiger partial charge in [-0.25, -0.2) is 0 Å².